The molecule has 0 radical (unpaired) electrons. The molecule has 1 aliphatic rings. The van der Waals surface area contributed by atoms with Crippen molar-refractivity contribution in [1.29, 1.82) is 5.26 Å². The summed E-state index contributed by atoms with van der Waals surface area (Å²) in [6, 6.07) is 8.65. The Kier molecular flexibility index (Phi) is 5.40. The van der Waals surface area contributed by atoms with E-state index in [2.05, 4.69) is 0 Å². The van der Waals surface area contributed by atoms with Gasteiger partial charge in [0.25, 0.3) is 0 Å². The molecule has 0 saturated carbocycles. The Morgan fingerprint density at radius 3 is 2.68 bits per heavy atom. The average molecular weight is 324 g/mol. The van der Waals surface area contributed by atoms with Crippen LogP contribution in [0, 0.1) is 11.3 Å². The van der Waals surface area contributed by atoms with E-state index in [0.29, 0.717) is 24.3 Å². The van der Waals surface area contributed by atoms with E-state index in [9.17, 15) is 13.5 Å². The fourth-order valence-corrected chi connectivity index (χ4v) is 4.28. The molecule has 22 heavy (non-hydrogen) atoms. The van der Waals surface area contributed by atoms with Crippen molar-refractivity contribution in [2.45, 2.75) is 18.6 Å². The van der Waals surface area contributed by atoms with E-state index in [4.69, 9.17) is 10.00 Å². The summed E-state index contributed by atoms with van der Waals surface area (Å²) in [6.45, 7) is 0.478. The number of hydrogen-bond donors (Lipinski definition) is 1. The molecule has 120 valence electrons. The van der Waals surface area contributed by atoms with Gasteiger partial charge in [0, 0.05) is 12.6 Å². The standard InChI is InChI=1S/C15H20N2O4S/c1-17(13-6-7-22(19,20)11-13)9-14(18)10-21-15-4-2-12(8-16)3-5-15/h2-5,13-14,18H,6-7,9-11H2,1H3/t13-,14-/m1/s1. The monoisotopic (exact) mass is 324 g/mol. The van der Waals surface area contributed by atoms with E-state index in [0.717, 1.165) is 0 Å². The normalized spacial score (nSPS) is 21.5. The van der Waals surface area contributed by atoms with Gasteiger partial charge < -0.3 is 9.84 Å². The highest BCUT2D eigenvalue weighted by molar-refractivity contribution is 7.91. The van der Waals surface area contributed by atoms with Crippen molar-refractivity contribution in [1.82, 2.24) is 4.90 Å². The molecule has 7 heteroatoms. The molecule has 0 spiro atoms. The van der Waals surface area contributed by atoms with Gasteiger partial charge in [-0.3, -0.25) is 4.90 Å². The summed E-state index contributed by atoms with van der Waals surface area (Å²) in [5.74, 6) is 0.969. The van der Waals surface area contributed by atoms with E-state index in [1.165, 1.54) is 0 Å². The lowest BCUT2D eigenvalue weighted by Crippen LogP contribution is -2.40. The van der Waals surface area contributed by atoms with Crippen LogP contribution in [0.25, 0.3) is 0 Å². The summed E-state index contributed by atoms with van der Waals surface area (Å²) in [6.07, 6.45) is -0.0916. The van der Waals surface area contributed by atoms with Crippen molar-refractivity contribution in [3.63, 3.8) is 0 Å². The van der Waals surface area contributed by atoms with Gasteiger partial charge in [0.15, 0.2) is 9.84 Å². The number of sulfone groups is 1. The second-order valence-electron chi connectivity index (χ2n) is 5.60. The molecule has 2 rings (SSSR count). The Hall–Kier alpha value is -1.62. The maximum Gasteiger partial charge on any atom is 0.151 e. The van der Waals surface area contributed by atoms with Gasteiger partial charge in [0.05, 0.1) is 23.1 Å². The lowest BCUT2D eigenvalue weighted by molar-refractivity contribution is 0.0664. The minimum Gasteiger partial charge on any atom is -0.491 e. The van der Waals surface area contributed by atoms with E-state index in [-0.39, 0.29) is 24.2 Å². The second kappa shape index (κ2) is 7.09. The number of benzene rings is 1. The number of likely N-dealkylation sites (N-methyl/N-ethyl adjacent to an activating group) is 1. The van der Waals surface area contributed by atoms with Crippen LogP contribution in [0.3, 0.4) is 0 Å². The van der Waals surface area contributed by atoms with Crippen LogP contribution in [0.1, 0.15) is 12.0 Å². The molecule has 2 atom stereocenters. The maximum atomic E-state index is 11.5. The van der Waals surface area contributed by atoms with E-state index in [1.54, 1.807) is 24.3 Å². The SMILES string of the molecule is CN(C[C@@H](O)COc1ccc(C#N)cc1)[C@@H]1CCS(=O)(=O)C1. The van der Waals surface area contributed by atoms with Crippen molar-refractivity contribution >= 4 is 9.84 Å². The van der Waals surface area contributed by atoms with Gasteiger partial charge >= 0.3 is 0 Å². The van der Waals surface area contributed by atoms with E-state index < -0.39 is 15.9 Å². The molecule has 6 nitrogen and oxygen atoms in total. The van der Waals surface area contributed by atoms with Crippen LogP contribution in [0.2, 0.25) is 0 Å². The van der Waals surface area contributed by atoms with E-state index in [1.807, 2.05) is 18.0 Å². The summed E-state index contributed by atoms with van der Waals surface area (Å²) in [5.41, 5.74) is 0.551. The predicted octanol–water partition coefficient (Wildman–Crippen LogP) is 0.417. The third-order valence-electron chi connectivity index (χ3n) is 3.76. The van der Waals surface area contributed by atoms with Gasteiger partial charge in [0.1, 0.15) is 18.5 Å². The van der Waals surface area contributed by atoms with Crippen LogP contribution in [0.4, 0.5) is 0 Å². The second-order valence-corrected chi connectivity index (χ2v) is 7.83. The van der Waals surface area contributed by atoms with Crippen molar-refractivity contribution in [2.24, 2.45) is 0 Å². The maximum absolute atomic E-state index is 11.5. The number of aliphatic hydroxyl groups excluding tert-OH is 1. The molecular weight excluding hydrogens is 304 g/mol. The predicted molar refractivity (Wildman–Crippen MR) is 82.3 cm³/mol. The molecule has 0 amide bonds. The number of aliphatic hydroxyl groups is 1. The molecule has 1 heterocycles. The van der Waals surface area contributed by atoms with Crippen LogP contribution in [-0.2, 0) is 9.84 Å². The summed E-state index contributed by atoms with van der Waals surface area (Å²) in [7, 11) is -1.10. The lowest BCUT2D eigenvalue weighted by Gasteiger charge is -2.25. The fraction of sp³-hybridized carbons (Fsp3) is 0.533. The molecule has 1 aliphatic heterocycles. The van der Waals surface area contributed by atoms with Crippen LogP contribution in [-0.4, -0.2) is 62.3 Å². The molecule has 0 aromatic heterocycles. The van der Waals surface area contributed by atoms with Crippen molar-refractivity contribution in [3.05, 3.63) is 29.8 Å². The first kappa shape index (κ1) is 16.7. The van der Waals surface area contributed by atoms with Gasteiger partial charge in [-0.1, -0.05) is 0 Å². The summed E-state index contributed by atoms with van der Waals surface area (Å²) < 4.78 is 28.4. The first-order valence-electron chi connectivity index (χ1n) is 7.11. The Balaban J connectivity index is 1.77. The molecule has 1 N–H and O–H groups in total. The Bertz CT molecular complexity index is 637. The van der Waals surface area contributed by atoms with Crippen molar-refractivity contribution < 1.29 is 18.3 Å². The molecule has 1 fully saturated rings. The van der Waals surface area contributed by atoms with Gasteiger partial charge in [-0.05, 0) is 37.7 Å². The molecular formula is C15H20N2O4S. The van der Waals surface area contributed by atoms with Crippen LogP contribution < -0.4 is 4.74 Å². The van der Waals surface area contributed by atoms with Crippen molar-refractivity contribution in [2.75, 3.05) is 31.7 Å². The number of hydrogen-bond acceptors (Lipinski definition) is 6. The summed E-state index contributed by atoms with van der Waals surface area (Å²) in [5, 5.41) is 18.7. The van der Waals surface area contributed by atoms with Gasteiger partial charge in [-0.15, -0.1) is 0 Å². The number of rotatable bonds is 6. The van der Waals surface area contributed by atoms with Crippen molar-refractivity contribution in [3.8, 4) is 11.8 Å². The Morgan fingerprint density at radius 2 is 2.14 bits per heavy atom. The zero-order valence-corrected chi connectivity index (χ0v) is 13.3. The number of nitrogens with zero attached hydrogens (tertiary/aromatic N) is 2. The van der Waals surface area contributed by atoms with Gasteiger partial charge in [-0.2, -0.15) is 5.26 Å². The molecule has 0 unspecified atom stereocenters. The van der Waals surface area contributed by atoms with Crippen LogP contribution in [0.15, 0.2) is 24.3 Å². The highest BCUT2D eigenvalue weighted by Gasteiger charge is 2.31. The highest BCUT2D eigenvalue weighted by Crippen LogP contribution is 2.17. The Morgan fingerprint density at radius 1 is 1.45 bits per heavy atom. The molecule has 1 aromatic rings. The first-order valence-corrected chi connectivity index (χ1v) is 8.93. The third kappa shape index (κ3) is 4.70. The molecule has 0 bridgehead atoms. The quantitative estimate of drug-likeness (QED) is 0.815. The first-order chi connectivity index (χ1) is 10.4. The summed E-state index contributed by atoms with van der Waals surface area (Å²) >= 11 is 0. The number of nitriles is 1. The third-order valence-corrected chi connectivity index (χ3v) is 5.51. The fourth-order valence-electron chi connectivity index (χ4n) is 2.48. The zero-order chi connectivity index (χ0) is 16.2. The lowest BCUT2D eigenvalue weighted by atomic mass is 10.2. The van der Waals surface area contributed by atoms with Gasteiger partial charge in [0.2, 0.25) is 0 Å². The number of ether oxygens (including phenoxy) is 1. The molecule has 1 aromatic carbocycles. The average Bonchev–Trinajstić information content (AvgIpc) is 2.86. The highest BCUT2D eigenvalue weighted by atomic mass is 32.2. The van der Waals surface area contributed by atoms with Gasteiger partial charge in [-0.25, -0.2) is 8.42 Å². The largest absolute Gasteiger partial charge is 0.491 e. The molecule has 1 saturated heterocycles. The Labute approximate surface area is 130 Å². The van der Waals surface area contributed by atoms with E-state index >= 15 is 0 Å². The topological polar surface area (TPSA) is 90.6 Å². The van der Waals surface area contributed by atoms with Crippen LogP contribution in [0.5, 0.6) is 5.75 Å². The zero-order valence-electron chi connectivity index (χ0n) is 12.5. The van der Waals surface area contributed by atoms with Crippen LogP contribution >= 0.6 is 0 Å². The minimum absolute atomic E-state index is 0.0328. The summed E-state index contributed by atoms with van der Waals surface area (Å²) in [4.78, 5) is 1.87. The smallest absolute Gasteiger partial charge is 0.151 e. The molecule has 0 aliphatic carbocycles. The minimum atomic E-state index is -2.92.